The number of likely N-dealkylation sites (tertiary alicyclic amines) is 1. The zero-order valence-corrected chi connectivity index (χ0v) is 10.9. The van der Waals surface area contributed by atoms with Crippen molar-refractivity contribution in [3.8, 4) is 0 Å². The molecule has 2 rings (SSSR count). The number of halogens is 2. The lowest BCUT2D eigenvalue weighted by atomic mass is 9.90. The first kappa shape index (κ1) is 13.7. The minimum absolute atomic E-state index is 0.0856. The molecule has 5 heteroatoms. The van der Waals surface area contributed by atoms with Crippen molar-refractivity contribution in [1.82, 2.24) is 4.90 Å². The van der Waals surface area contributed by atoms with Gasteiger partial charge in [-0.1, -0.05) is 13.3 Å². The molecule has 0 aromatic heterocycles. The molecule has 0 aromatic rings. The van der Waals surface area contributed by atoms with Gasteiger partial charge < -0.3 is 10.6 Å². The molecular formula is C13H22F2N2O. The van der Waals surface area contributed by atoms with Crippen LogP contribution in [0.2, 0.25) is 0 Å². The summed E-state index contributed by atoms with van der Waals surface area (Å²) >= 11 is 0. The summed E-state index contributed by atoms with van der Waals surface area (Å²) in [4.78, 5) is 14.0. The smallest absolute Gasteiger partial charge is 0.248 e. The average Bonchev–Trinajstić information content (AvgIpc) is 2.69. The predicted molar refractivity (Wildman–Crippen MR) is 65.2 cm³/mol. The SMILES string of the molecule is CCC1CN(C(=O)C2CCC(F)(F)C2)CCC1N. The van der Waals surface area contributed by atoms with Gasteiger partial charge in [0.1, 0.15) is 0 Å². The van der Waals surface area contributed by atoms with Crippen LogP contribution in [0.4, 0.5) is 8.78 Å². The Kier molecular flexibility index (Phi) is 3.90. The van der Waals surface area contributed by atoms with E-state index in [4.69, 9.17) is 5.73 Å². The van der Waals surface area contributed by atoms with Gasteiger partial charge in [0.25, 0.3) is 0 Å². The third-order valence-corrected chi connectivity index (χ3v) is 4.38. The summed E-state index contributed by atoms with van der Waals surface area (Å²) in [5.74, 6) is -2.90. The molecule has 18 heavy (non-hydrogen) atoms. The second kappa shape index (κ2) is 5.11. The summed E-state index contributed by atoms with van der Waals surface area (Å²) in [6, 6.07) is 0.143. The van der Waals surface area contributed by atoms with Crippen LogP contribution in [-0.2, 0) is 4.79 Å². The predicted octanol–water partition coefficient (Wildman–Crippen LogP) is 2.01. The molecule has 0 spiro atoms. The van der Waals surface area contributed by atoms with E-state index < -0.39 is 11.8 Å². The Morgan fingerprint density at radius 1 is 1.44 bits per heavy atom. The van der Waals surface area contributed by atoms with Gasteiger partial charge in [0, 0.05) is 37.9 Å². The molecule has 104 valence electrons. The number of carbonyl (C=O) groups is 1. The Morgan fingerprint density at radius 3 is 2.72 bits per heavy atom. The molecule has 3 atom stereocenters. The maximum absolute atomic E-state index is 13.1. The third kappa shape index (κ3) is 2.82. The van der Waals surface area contributed by atoms with E-state index in [0.29, 0.717) is 25.4 Å². The topological polar surface area (TPSA) is 46.3 Å². The fourth-order valence-corrected chi connectivity index (χ4v) is 3.10. The number of nitrogens with zero attached hydrogens (tertiary/aromatic N) is 1. The molecule has 1 aliphatic heterocycles. The van der Waals surface area contributed by atoms with E-state index in [0.717, 1.165) is 12.8 Å². The van der Waals surface area contributed by atoms with E-state index in [1.807, 2.05) is 0 Å². The van der Waals surface area contributed by atoms with Gasteiger partial charge >= 0.3 is 0 Å². The van der Waals surface area contributed by atoms with Crippen LogP contribution in [0.25, 0.3) is 0 Å². The van der Waals surface area contributed by atoms with Crippen molar-refractivity contribution in [2.24, 2.45) is 17.6 Å². The summed E-state index contributed by atoms with van der Waals surface area (Å²) in [5.41, 5.74) is 5.99. The second-order valence-corrected chi connectivity index (χ2v) is 5.70. The van der Waals surface area contributed by atoms with Gasteiger partial charge in [0.15, 0.2) is 0 Å². The van der Waals surface area contributed by atoms with Crippen LogP contribution in [0, 0.1) is 11.8 Å². The van der Waals surface area contributed by atoms with Crippen LogP contribution in [0.15, 0.2) is 0 Å². The first-order valence-electron chi connectivity index (χ1n) is 6.85. The van der Waals surface area contributed by atoms with Crippen LogP contribution in [-0.4, -0.2) is 35.9 Å². The average molecular weight is 260 g/mol. The summed E-state index contributed by atoms with van der Waals surface area (Å²) in [6.45, 7) is 3.32. The van der Waals surface area contributed by atoms with Gasteiger partial charge in [-0.3, -0.25) is 4.79 Å². The highest BCUT2D eigenvalue weighted by atomic mass is 19.3. The summed E-state index contributed by atoms with van der Waals surface area (Å²) < 4.78 is 26.3. The van der Waals surface area contributed by atoms with E-state index in [1.165, 1.54) is 0 Å². The number of hydrogen-bond acceptors (Lipinski definition) is 2. The first-order chi connectivity index (χ1) is 8.43. The van der Waals surface area contributed by atoms with Crippen LogP contribution in [0.1, 0.15) is 39.0 Å². The lowest BCUT2D eigenvalue weighted by Crippen LogP contribution is -2.50. The third-order valence-electron chi connectivity index (χ3n) is 4.38. The molecule has 2 N–H and O–H groups in total. The Morgan fingerprint density at radius 2 is 2.17 bits per heavy atom. The number of piperidine rings is 1. The van der Waals surface area contributed by atoms with Crippen molar-refractivity contribution in [1.29, 1.82) is 0 Å². The molecule has 2 fully saturated rings. The Bertz CT molecular complexity index is 322. The standard InChI is InChI=1S/C13H22F2N2O/c1-2-9-8-17(6-4-11(9)16)12(18)10-3-5-13(14,15)7-10/h9-11H,2-8,16H2,1H3. The maximum atomic E-state index is 13.1. The van der Waals surface area contributed by atoms with E-state index in [1.54, 1.807) is 4.90 Å². The molecule has 3 unspecified atom stereocenters. The van der Waals surface area contributed by atoms with Gasteiger partial charge in [-0.25, -0.2) is 8.78 Å². The number of hydrogen-bond donors (Lipinski definition) is 1. The summed E-state index contributed by atoms with van der Waals surface area (Å²) in [5, 5.41) is 0. The molecule has 1 heterocycles. The van der Waals surface area contributed by atoms with Crippen LogP contribution in [0.3, 0.4) is 0 Å². The number of rotatable bonds is 2. The number of alkyl halides is 2. The maximum Gasteiger partial charge on any atom is 0.248 e. The quantitative estimate of drug-likeness (QED) is 0.825. The zero-order chi connectivity index (χ0) is 13.3. The van der Waals surface area contributed by atoms with Crippen molar-refractivity contribution in [3.63, 3.8) is 0 Å². The van der Waals surface area contributed by atoms with Crippen molar-refractivity contribution in [3.05, 3.63) is 0 Å². The Labute approximate surface area is 107 Å². The van der Waals surface area contributed by atoms with Crippen LogP contribution < -0.4 is 5.73 Å². The number of nitrogens with two attached hydrogens (primary N) is 1. The summed E-state index contributed by atoms with van der Waals surface area (Å²) in [7, 11) is 0. The number of carbonyl (C=O) groups excluding carboxylic acids is 1. The van der Waals surface area contributed by atoms with E-state index in [2.05, 4.69) is 6.92 Å². The molecule has 1 saturated carbocycles. The fraction of sp³-hybridized carbons (Fsp3) is 0.923. The highest BCUT2D eigenvalue weighted by Crippen LogP contribution is 2.40. The van der Waals surface area contributed by atoms with Gasteiger partial charge in [-0.05, 0) is 18.8 Å². The van der Waals surface area contributed by atoms with Gasteiger partial charge in [0.2, 0.25) is 11.8 Å². The number of amides is 1. The lowest BCUT2D eigenvalue weighted by molar-refractivity contribution is -0.138. The normalized spacial score (nSPS) is 35.8. The van der Waals surface area contributed by atoms with Crippen LogP contribution in [0.5, 0.6) is 0 Å². The summed E-state index contributed by atoms with van der Waals surface area (Å²) in [6.07, 6.45) is 1.63. The van der Waals surface area contributed by atoms with Crippen molar-refractivity contribution < 1.29 is 13.6 Å². The van der Waals surface area contributed by atoms with E-state index in [9.17, 15) is 13.6 Å². The zero-order valence-electron chi connectivity index (χ0n) is 10.9. The van der Waals surface area contributed by atoms with Crippen LogP contribution >= 0.6 is 0 Å². The van der Waals surface area contributed by atoms with Crippen molar-refractivity contribution >= 4 is 5.91 Å². The molecule has 0 bridgehead atoms. The largest absolute Gasteiger partial charge is 0.342 e. The molecular weight excluding hydrogens is 238 g/mol. The van der Waals surface area contributed by atoms with Gasteiger partial charge in [0.05, 0.1) is 0 Å². The minimum atomic E-state index is -2.64. The monoisotopic (exact) mass is 260 g/mol. The van der Waals surface area contributed by atoms with Gasteiger partial charge in [-0.2, -0.15) is 0 Å². The minimum Gasteiger partial charge on any atom is -0.342 e. The van der Waals surface area contributed by atoms with Gasteiger partial charge in [-0.15, -0.1) is 0 Å². The molecule has 1 amide bonds. The highest BCUT2D eigenvalue weighted by Gasteiger charge is 2.44. The highest BCUT2D eigenvalue weighted by molar-refractivity contribution is 5.79. The second-order valence-electron chi connectivity index (χ2n) is 5.70. The molecule has 1 aliphatic carbocycles. The molecule has 2 aliphatic rings. The fourth-order valence-electron chi connectivity index (χ4n) is 3.10. The molecule has 0 radical (unpaired) electrons. The molecule has 0 aromatic carbocycles. The molecule has 3 nitrogen and oxygen atoms in total. The van der Waals surface area contributed by atoms with Crippen molar-refractivity contribution in [2.45, 2.75) is 51.0 Å². The lowest BCUT2D eigenvalue weighted by Gasteiger charge is -2.37. The Balaban J connectivity index is 1.94. The molecule has 1 saturated heterocycles. The Hall–Kier alpha value is -0.710. The van der Waals surface area contributed by atoms with E-state index in [-0.39, 0.29) is 24.8 Å². The first-order valence-corrected chi connectivity index (χ1v) is 6.85. The van der Waals surface area contributed by atoms with Crippen molar-refractivity contribution in [2.75, 3.05) is 13.1 Å². The van der Waals surface area contributed by atoms with E-state index >= 15 is 0 Å².